The first-order valence-corrected chi connectivity index (χ1v) is 5.84. The van der Waals surface area contributed by atoms with Gasteiger partial charge < -0.3 is 0 Å². The van der Waals surface area contributed by atoms with Crippen LogP contribution in [-0.2, 0) is 4.79 Å². The van der Waals surface area contributed by atoms with Crippen LogP contribution >= 0.6 is 11.8 Å². The Labute approximate surface area is 88.1 Å². The molecule has 0 saturated heterocycles. The van der Waals surface area contributed by atoms with E-state index in [9.17, 15) is 4.79 Å². The maximum Gasteiger partial charge on any atom is 0.146 e. The Morgan fingerprint density at radius 1 is 1.36 bits per heavy atom. The molecule has 1 aromatic heterocycles. The third kappa shape index (κ3) is 2.35. The number of rotatable bonds is 2. The number of carbonyl (C=O) groups is 1. The van der Waals surface area contributed by atoms with Gasteiger partial charge in [0.2, 0.25) is 0 Å². The van der Waals surface area contributed by atoms with E-state index >= 15 is 0 Å². The summed E-state index contributed by atoms with van der Waals surface area (Å²) in [5.41, 5.74) is 0. The molecular formula is C11H13NOS. The van der Waals surface area contributed by atoms with E-state index in [1.807, 2.05) is 18.2 Å². The summed E-state index contributed by atoms with van der Waals surface area (Å²) in [5, 5.41) is 1.12. The average Bonchev–Trinajstić information content (AvgIpc) is 2.23. The molecular weight excluding hydrogens is 194 g/mol. The van der Waals surface area contributed by atoms with E-state index in [1.165, 1.54) is 6.42 Å². The molecule has 14 heavy (non-hydrogen) atoms. The molecule has 0 amide bonds. The summed E-state index contributed by atoms with van der Waals surface area (Å²) in [4.78, 5) is 15.8. The predicted molar refractivity (Wildman–Crippen MR) is 57.4 cm³/mol. The molecule has 1 fully saturated rings. The van der Waals surface area contributed by atoms with Gasteiger partial charge in [-0.3, -0.25) is 4.79 Å². The highest BCUT2D eigenvalue weighted by Crippen LogP contribution is 2.29. The largest absolute Gasteiger partial charge is 0.298 e. The molecule has 1 unspecified atom stereocenters. The van der Waals surface area contributed by atoms with E-state index in [-0.39, 0.29) is 5.25 Å². The lowest BCUT2D eigenvalue weighted by atomic mass is 9.99. The zero-order valence-electron chi connectivity index (χ0n) is 7.98. The van der Waals surface area contributed by atoms with Crippen molar-refractivity contribution < 1.29 is 4.79 Å². The zero-order valence-corrected chi connectivity index (χ0v) is 8.80. The number of thioether (sulfide) groups is 1. The molecule has 1 atom stereocenters. The van der Waals surface area contributed by atoms with Crippen molar-refractivity contribution in [3.8, 4) is 0 Å². The number of ketones is 1. The van der Waals surface area contributed by atoms with E-state index in [2.05, 4.69) is 4.98 Å². The van der Waals surface area contributed by atoms with Gasteiger partial charge in [-0.1, -0.05) is 24.2 Å². The number of carbonyl (C=O) groups excluding carboxylic acids is 1. The molecule has 0 bridgehead atoms. The first-order chi connectivity index (χ1) is 6.86. The topological polar surface area (TPSA) is 30.0 Å². The molecule has 0 N–H and O–H groups in total. The smallest absolute Gasteiger partial charge is 0.146 e. The van der Waals surface area contributed by atoms with Crippen molar-refractivity contribution in [2.75, 3.05) is 0 Å². The van der Waals surface area contributed by atoms with E-state index in [1.54, 1.807) is 18.0 Å². The van der Waals surface area contributed by atoms with Crippen molar-refractivity contribution in [3.63, 3.8) is 0 Å². The third-order valence-corrected chi connectivity index (χ3v) is 3.67. The quantitative estimate of drug-likeness (QED) is 0.746. The summed E-state index contributed by atoms with van der Waals surface area (Å²) in [6.45, 7) is 0. The Bertz CT molecular complexity index is 312. The van der Waals surface area contributed by atoms with Crippen molar-refractivity contribution in [1.82, 2.24) is 4.98 Å². The Balaban J connectivity index is 2.00. The highest BCUT2D eigenvalue weighted by Gasteiger charge is 2.23. The van der Waals surface area contributed by atoms with Gasteiger partial charge in [0.1, 0.15) is 5.78 Å². The molecule has 1 heterocycles. The fourth-order valence-electron chi connectivity index (χ4n) is 1.64. The fraction of sp³-hybridized carbons (Fsp3) is 0.455. The molecule has 0 aliphatic heterocycles. The molecule has 1 aromatic rings. The average molecular weight is 207 g/mol. The van der Waals surface area contributed by atoms with E-state index in [0.29, 0.717) is 5.78 Å². The van der Waals surface area contributed by atoms with Gasteiger partial charge in [0.25, 0.3) is 0 Å². The minimum absolute atomic E-state index is 0.152. The van der Waals surface area contributed by atoms with Crippen LogP contribution < -0.4 is 0 Å². The molecule has 1 aliphatic carbocycles. The van der Waals surface area contributed by atoms with Gasteiger partial charge in [0, 0.05) is 12.6 Å². The van der Waals surface area contributed by atoms with Crippen molar-refractivity contribution in [2.45, 2.75) is 36.0 Å². The zero-order chi connectivity index (χ0) is 9.80. The van der Waals surface area contributed by atoms with Crippen LogP contribution in [0.25, 0.3) is 0 Å². The normalized spacial score (nSPS) is 22.3. The Hall–Kier alpha value is -0.830. The highest BCUT2D eigenvalue weighted by molar-refractivity contribution is 8.00. The molecule has 0 radical (unpaired) electrons. The molecule has 0 aromatic carbocycles. The second-order valence-electron chi connectivity index (χ2n) is 3.49. The van der Waals surface area contributed by atoms with Gasteiger partial charge in [-0.2, -0.15) is 0 Å². The van der Waals surface area contributed by atoms with Crippen molar-refractivity contribution >= 4 is 17.5 Å². The third-order valence-electron chi connectivity index (χ3n) is 2.40. The van der Waals surface area contributed by atoms with Crippen LogP contribution in [0.5, 0.6) is 0 Å². The van der Waals surface area contributed by atoms with Crippen LogP contribution in [-0.4, -0.2) is 16.0 Å². The van der Waals surface area contributed by atoms with Gasteiger partial charge in [-0.15, -0.1) is 0 Å². The van der Waals surface area contributed by atoms with Crippen LogP contribution in [0.2, 0.25) is 0 Å². The summed E-state index contributed by atoms with van der Waals surface area (Å²) in [7, 11) is 0. The number of nitrogens with zero attached hydrogens (tertiary/aromatic N) is 1. The number of hydrogen-bond acceptors (Lipinski definition) is 3. The number of Topliss-reactive ketones (excluding diaryl/α,β-unsaturated/α-hetero) is 1. The molecule has 1 aliphatic rings. The second kappa shape index (κ2) is 4.60. The SMILES string of the molecule is O=C1CCCCC1Sc1ccccn1. The Kier molecular flexibility index (Phi) is 3.19. The minimum atomic E-state index is 0.152. The van der Waals surface area contributed by atoms with Crippen LogP contribution in [0.15, 0.2) is 29.4 Å². The molecule has 74 valence electrons. The van der Waals surface area contributed by atoms with E-state index in [0.717, 1.165) is 24.3 Å². The van der Waals surface area contributed by atoms with Gasteiger partial charge in [0.15, 0.2) is 0 Å². The van der Waals surface area contributed by atoms with Gasteiger partial charge in [0.05, 0.1) is 10.3 Å². The summed E-state index contributed by atoms with van der Waals surface area (Å²) >= 11 is 1.61. The standard InChI is InChI=1S/C11H13NOS/c13-9-5-1-2-6-10(9)14-11-7-3-4-8-12-11/h3-4,7-8,10H,1-2,5-6H2. The Morgan fingerprint density at radius 2 is 2.29 bits per heavy atom. The number of aromatic nitrogens is 1. The van der Waals surface area contributed by atoms with Gasteiger partial charge in [-0.25, -0.2) is 4.98 Å². The van der Waals surface area contributed by atoms with Gasteiger partial charge in [-0.05, 0) is 25.0 Å². The Morgan fingerprint density at radius 3 is 3.00 bits per heavy atom. The van der Waals surface area contributed by atoms with Crippen LogP contribution in [0, 0.1) is 0 Å². The van der Waals surface area contributed by atoms with Crippen LogP contribution in [0.1, 0.15) is 25.7 Å². The maximum atomic E-state index is 11.6. The van der Waals surface area contributed by atoms with Crippen LogP contribution in [0.4, 0.5) is 0 Å². The monoisotopic (exact) mass is 207 g/mol. The van der Waals surface area contributed by atoms with E-state index < -0.39 is 0 Å². The lowest BCUT2D eigenvalue weighted by Crippen LogP contribution is -2.21. The van der Waals surface area contributed by atoms with Crippen molar-refractivity contribution in [1.29, 1.82) is 0 Å². The minimum Gasteiger partial charge on any atom is -0.298 e. The van der Waals surface area contributed by atoms with Crippen molar-refractivity contribution in [2.24, 2.45) is 0 Å². The predicted octanol–water partition coefficient (Wildman–Crippen LogP) is 2.69. The summed E-state index contributed by atoms with van der Waals surface area (Å²) in [6.07, 6.45) is 5.79. The fourth-order valence-corrected chi connectivity index (χ4v) is 2.74. The molecule has 2 rings (SSSR count). The highest BCUT2D eigenvalue weighted by atomic mass is 32.2. The number of pyridine rings is 1. The van der Waals surface area contributed by atoms with Crippen molar-refractivity contribution in [3.05, 3.63) is 24.4 Å². The second-order valence-corrected chi connectivity index (χ2v) is 4.71. The molecule has 2 nitrogen and oxygen atoms in total. The summed E-state index contributed by atoms with van der Waals surface area (Å²) in [5.74, 6) is 0.395. The first kappa shape index (κ1) is 9.71. The van der Waals surface area contributed by atoms with Crippen LogP contribution in [0.3, 0.4) is 0 Å². The molecule has 0 spiro atoms. The summed E-state index contributed by atoms with van der Waals surface area (Å²) < 4.78 is 0. The lowest BCUT2D eigenvalue weighted by Gasteiger charge is -2.19. The molecule has 1 saturated carbocycles. The maximum absolute atomic E-state index is 11.6. The van der Waals surface area contributed by atoms with Gasteiger partial charge >= 0.3 is 0 Å². The first-order valence-electron chi connectivity index (χ1n) is 4.96. The lowest BCUT2D eigenvalue weighted by molar-refractivity contribution is -0.119. The molecule has 3 heteroatoms. The number of hydrogen-bond donors (Lipinski definition) is 0. The summed E-state index contributed by atoms with van der Waals surface area (Å²) in [6, 6.07) is 5.82. The van der Waals surface area contributed by atoms with E-state index in [4.69, 9.17) is 0 Å².